The molecule has 0 spiro atoms. The van der Waals surface area contributed by atoms with Crippen LogP contribution >= 0.6 is 11.6 Å². The second-order valence-corrected chi connectivity index (χ2v) is 8.79. The Morgan fingerprint density at radius 1 is 1.35 bits per heavy atom. The average molecular weight is 379 g/mol. The number of nitrogens with zero attached hydrogens (tertiary/aromatic N) is 2. The van der Waals surface area contributed by atoms with Crippen LogP contribution in [0, 0.1) is 5.92 Å². The van der Waals surface area contributed by atoms with Gasteiger partial charge in [-0.05, 0) is 70.8 Å². The van der Waals surface area contributed by atoms with E-state index in [0.717, 1.165) is 41.2 Å². The number of allylic oxidation sites excluding steroid dienone is 1. The van der Waals surface area contributed by atoms with E-state index in [9.17, 15) is 4.79 Å². The van der Waals surface area contributed by atoms with Gasteiger partial charge < -0.3 is 9.64 Å². The van der Waals surface area contributed by atoms with Crippen LogP contribution in [0.25, 0.3) is 5.70 Å². The van der Waals surface area contributed by atoms with Crippen LogP contribution in [-0.2, 0) is 11.2 Å². The number of hydrogen-bond donors (Lipinski definition) is 0. The molecule has 26 heavy (non-hydrogen) atoms. The van der Waals surface area contributed by atoms with Gasteiger partial charge in [0.15, 0.2) is 0 Å². The van der Waals surface area contributed by atoms with Crippen molar-refractivity contribution < 1.29 is 9.53 Å². The second-order valence-electron chi connectivity index (χ2n) is 8.38. The van der Waals surface area contributed by atoms with Crippen molar-refractivity contribution in [1.82, 2.24) is 9.80 Å². The van der Waals surface area contributed by atoms with Gasteiger partial charge in [0.25, 0.3) is 0 Å². The van der Waals surface area contributed by atoms with Crippen LogP contribution in [0.3, 0.4) is 0 Å². The third-order valence-corrected chi connectivity index (χ3v) is 4.64. The maximum atomic E-state index is 12.7. The Labute approximate surface area is 162 Å². The third kappa shape index (κ3) is 5.75. The summed E-state index contributed by atoms with van der Waals surface area (Å²) >= 11 is 6.51. The molecule has 1 aliphatic heterocycles. The molecule has 0 saturated carbocycles. The molecule has 5 heteroatoms. The predicted octanol–water partition coefficient (Wildman–Crippen LogP) is 5.06. The van der Waals surface area contributed by atoms with E-state index in [1.807, 2.05) is 26.8 Å². The van der Waals surface area contributed by atoms with Crippen LogP contribution in [0.1, 0.15) is 45.2 Å². The molecule has 0 aliphatic carbocycles. The van der Waals surface area contributed by atoms with Crippen molar-refractivity contribution in [2.45, 2.75) is 46.1 Å². The Morgan fingerprint density at radius 2 is 2.04 bits per heavy atom. The molecule has 1 amide bonds. The molecule has 0 bridgehead atoms. The monoisotopic (exact) mass is 378 g/mol. The lowest BCUT2D eigenvalue weighted by atomic mass is 9.97. The largest absolute Gasteiger partial charge is 0.443 e. The highest BCUT2D eigenvalue weighted by Crippen LogP contribution is 2.31. The number of hydrogen-bond acceptors (Lipinski definition) is 3. The minimum Gasteiger partial charge on any atom is -0.443 e. The number of amides is 1. The zero-order valence-electron chi connectivity index (χ0n) is 16.8. The lowest BCUT2D eigenvalue weighted by Crippen LogP contribution is -2.39. The van der Waals surface area contributed by atoms with Crippen LogP contribution in [0.5, 0.6) is 0 Å². The highest BCUT2D eigenvalue weighted by Gasteiger charge is 2.29. The topological polar surface area (TPSA) is 32.8 Å². The lowest BCUT2D eigenvalue weighted by molar-refractivity contribution is 0.0327. The molecule has 0 aromatic heterocycles. The van der Waals surface area contributed by atoms with Crippen LogP contribution in [0.2, 0.25) is 5.02 Å². The number of carbonyl (C=O) groups excluding carboxylic acids is 1. The van der Waals surface area contributed by atoms with E-state index in [0.29, 0.717) is 12.5 Å². The van der Waals surface area contributed by atoms with Crippen molar-refractivity contribution in [1.29, 1.82) is 0 Å². The molecule has 1 atom stereocenters. The van der Waals surface area contributed by atoms with Gasteiger partial charge in [-0.3, -0.25) is 4.90 Å². The van der Waals surface area contributed by atoms with E-state index in [1.165, 1.54) is 0 Å². The van der Waals surface area contributed by atoms with Gasteiger partial charge in [0.05, 0.1) is 5.70 Å². The molecule has 1 aliphatic rings. The lowest BCUT2D eigenvalue weighted by Gasteiger charge is -2.34. The molecule has 0 fully saturated rings. The van der Waals surface area contributed by atoms with E-state index >= 15 is 0 Å². The minimum absolute atomic E-state index is 0.303. The molecule has 2 rings (SSSR count). The zero-order chi connectivity index (χ0) is 19.5. The molecule has 0 unspecified atom stereocenters. The van der Waals surface area contributed by atoms with E-state index in [1.54, 1.807) is 4.90 Å². The summed E-state index contributed by atoms with van der Waals surface area (Å²) < 4.78 is 5.60. The molecule has 0 radical (unpaired) electrons. The molecule has 144 valence electrons. The van der Waals surface area contributed by atoms with E-state index < -0.39 is 5.60 Å². The molecule has 4 nitrogen and oxygen atoms in total. The molecule has 1 aromatic rings. The van der Waals surface area contributed by atoms with Crippen molar-refractivity contribution in [3.8, 4) is 0 Å². The smallest absolute Gasteiger partial charge is 0.414 e. The molecule has 1 heterocycles. The summed E-state index contributed by atoms with van der Waals surface area (Å²) in [6.07, 6.45) is 3.65. The quantitative estimate of drug-likeness (QED) is 0.733. The summed E-state index contributed by atoms with van der Waals surface area (Å²) in [7, 11) is 4.10. The summed E-state index contributed by atoms with van der Waals surface area (Å²) in [5.74, 6) is 0.404. The van der Waals surface area contributed by atoms with E-state index in [2.05, 4.69) is 44.1 Å². The fourth-order valence-corrected chi connectivity index (χ4v) is 3.20. The van der Waals surface area contributed by atoms with Crippen molar-refractivity contribution >= 4 is 23.4 Å². The van der Waals surface area contributed by atoms with Crippen molar-refractivity contribution in [3.05, 3.63) is 40.4 Å². The maximum absolute atomic E-state index is 12.7. The van der Waals surface area contributed by atoms with Gasteiger partial charge in [0.1, 0.15) is 5.60 Å². The maximum Gasteiger partial charge on any atom is 0.414 e. The Bertz CT molecular complexity index is 677. The van der Waals surface area contributed by atoms with Crippen molar-refractivity contribution in [2.75, 3.05) is 27.2 Å². The van der Waals surface area contributed by atoms with Crippen LogP contribution < -0.4 is 0 Å². The highest BCUT2D eigenvalue weighted by atomic mass is 35.5. The molecule has 0 N–H and O–H groups in total. The van der Waals surface area contributed by atoms with Crippen LogP contribution in [-0.4, -0.2) is 48.7 Å². The molecule has 1 aromatic carbocycles. The number of likely N-dealkylation sites (N-methyl/N-ethyl adjacent to an activating group) is 1. The summed E-state index contributed by atoms with van der Waals surface area (Å²) in [6.45, 7) is 9.40. The van der Waals surface area contributed by atoms with Crippen LogP contribution in [0.4, 0.5) is 4.79 Å². The van der Waals surface area contributed by atoms with Gasteiger partial charge in [-0.15, -0.1) is 0 Å². The summed E-state index contributed by atoms with van der Waals surface area (Å²) in [6, 6.07) is 6.08. The van der Waals surface area contributed by atoms with Gasteiger partial charge >= 0.3 is 6.09 Å². The number of benzene rings is 1. The van der Waals surface area contributed by atoms with Crippen molar-refractivity contribution in [2.24, 2.45) is 5.92 Å². The van der Waals surface area contributed by atoms with Gasteiger partial charge in [-0.25, -0.2) is 4.79 Å². The summed E-state index contributed by atoms with van der Waals surface area (Å²) in [4.78, 5) is 16.6. The van der Waals surface area contributed by atoms with Gasteiger partial charge in [0.2, 0.25) is 0 Å². The molecule has 0 saturated heterocycles. The predicted molar refractivity (Wildman–Crippen MR) is 108 cm³/mol. The minimum atomic E-state index is -0.517. The Balaban J connectivity index is 2.26. The van der Waals surface area contributed by atoms with Crippen LogP contribution in [0.15, 0.2) is 24.3 Å². The Morgan fingerprint density at radius 3 is 2.62 bits per heavy atom. The number of carbonyl (C=O) groups is 1. The fraction of sp³-hybridized carbons (Fsp3) is 0.571. The normalized spacial score (nSPS) is 18.1. The zero-order valence-corrected chi connectivity index (χ0v) is 17.6. The number of rotatable bonds is 4. The standard InChI is InChI=1S/C21H31ClN2O2/c1-15-7-10-19(24(14-15)20(25)26-21(2,3)4)17-9-8-16(18(22)13-17)11-12-23(5)6/h8-10,13,15H,7,11-12,14H2,1-6H3/t15-/m0/s1. The highest BCUT2D eigenvalue weighted by molar-refractivity contribution is 6.31. The van der Waals surface area contributed by atoms with E-state index in [4.69, 9.17) is 16.3 Å². The number of ether oxygens (including phenoxy) is 1. The first kappa shape index (κ1) is 20.8. The van der Waals surface area contributed by atoms with Gasteiger partial charge in [0, 0.05) is 18.1 Å². The Kier molecular flexibility index (Phi) is 6.75. The second kappa shape index (κ2) is 8.45. The SMILES string of the molecule is C[C@H]1CC=C(c2ccc(CCN(C)C)c(Cl)c2)N(C(=O)OC(C)(C)C)C1. The first-order chi connectivity index (χ1) is 12.1. The third-order valence-electron chi connectivity index (χ3n) is 4.29. The van der Waals surface area contributed by atoms with E-state index in [-0.39, 0.29) is 6.09 Å². The van der Waals surface area contributed by atoms with Gasteiger partial charge in [-0.1, -0.05) is 36.7 Å². The fourth-order valence-electron chi connectivity index (χ4n) is 2.92. The average Bonchev–Trinajstić information content (AvgIpc) is 2.51. The number of halogens is 1. The van der Waals surface area contributed by atoms with Gasteiger partial charge in [-0.2, -0.15) is 0 Å². The summed E-state index contributed by atoms with van der Waals surface area (Å²) in [5.41, 5.74) is 2.45. The molecular formula is C21H31ClN2O2. The first-order valence-corrected chi connectivity index (χ1v) is 9.59. The Hall–Kier alpha value is -1.52. The summed E-state index contributed by atoms with van der Waals surface area (Å²) in [5, 5.41) is 0.744. The first-order valence-electron chi connectivity index (χ1n) is 9.21. The van der Waals surface area contributed by atoms with Crippen molar-refractivity contribution in [3.63, 3.8) is 0 Å². The molecular weight excluding hydrogens is 348 g/mol.